The molecule has 0 aliphatic heterocycles. The Labute approximate surface area is 135 Å². The molecule has 0 atom stereocenters. The summed E-state index contributed by atoms with van der Waals surface area (Å²) in [4.78, 5) is 23.7. The van der Waals surface area contributed by atoms with Crippen molar-refractivity contribution < 1.29 is 14.3 Å². The molecule has 0 unspecified atom stereocenters. The van der Waals surface area contributed by atoms with Crippen LogP contribution in [0, 0.1) is 17.8 Å². The fourth-order valence-electron chi connectivity index (χ4n) is 3.61. The van der Waals surface area contributed by atoms with Gasteiger partial charge in [0.1, 0.15) is 5.78 Å². The van der Waals surface area contributed by atoms with E-state index in [1.165, 1.54) is 25.7 Å². The van der Waals surface area contributed by atoms with E-state index in [2.05, 4.69) is 6.92 Å². The number of carbonyl (C=O) groups is 2. The second-order valence-corrected chi connectivity index (χ2v) is 7.20. The van der Waals surface area contributed by atoms with Crippen LogP contribution in [0.25, 0.3) is 0 Å². The zero-order valence-electron chi connectivity index (χ0n) is 14.1. The number of esters is 1. The van der Waals surface area contributed by atoms with Gasteiger partial charge in [0.15, 0.2) is 0 Å². The first-order valence-corrected chi connectivity index (χ1v) is 9.40. The van der Waals surface area contributed by atoms with Crippen LogP contribution in [-0.4, -0.2) is 18.4 Å². The normalized spacial score (nSPS) is 25.5. The Morgan fingerprint density at radius 2 is 1.64 bits per heavy atom. The lowest BCUT2D eigenvalue weighted by Gasteiger charge is -2.26. The van der Waals surface area contributed by atoms with E-state index in [0.717, 1.165) is 57.3 Å². The Balaban J connectivity index is 1.46. The maximum Gasteiger partial charge on any atom is 0.308 e. The van der Waals surface area contributed by atoms with E-state index in [4.69, 9.17) is 4.74 Å². The van der Waals surface area contributed by atoms with Gasteiger partial charge in [0, 0.05) is 12.3 Å². The summed E-state index contributed by atoms with van der Waals surface area (Å²) >= 11 is 0. The molecule has 0 spiro atoms. The summed E-state index contributed by atoms with van der Waals surface area (Å²) in [6.07, 6.45) is 12.6. The van der Waals surface area contributed by atoms with Crippen molar-refractivity contribution in [3.05, 3.63) is 0 Å². The molecule has 0 bridgehead atoms. The van der Waals surface area contributed by atoms with Gasteiger partial charge >= 0.3 is 5.97 Å². The molecule has 0 aromatic rings. The van der Waals surface area contributed by atoms with E-state index in [9.17, 15) is 9.59 Å². The topological polar surface area (TPSA) is 43.4 Å². The van der Waals surface area contributed by atoms with Gasteiger partial charge in [0.25, 0.3) is 0 Å². The molecule has 2 saturated carbocycles. The van der Waals surface area contributed by atoms with Gasteiger partial charge in [-0.15, -0.1) is 0 Å². The van der Waals surface area contributed by atoms with Crippen LogP contribution in [0.15, 0.2) is 0 Å². The highest BCUT2D eigenvalue weighted by Gasteiger charge is 2.26. The molecule has 2 rings (SSSR count). The van der Waals surface area contributed by atoms with Crippen molar-refractivity contribution in [3.63, 3.8) is 0 Å². The number of Topliss-reactive ketones (excluding diaryl/α,β-unsaturated/α-hetero) is 1. The average molecular weight is 308 g/mol. The minimum atomic E-state index is 0.0140. The van der Waals surface area contributed by atoms with E-state index >= 15 is 0 Å². The first-order valence-electron chi connectivity index (χ1n) is 9.40. The molecule has 0 N–H and O–H groups in total. The second kappa shape index (κ2) is 9.32. The summed E-state index contributed by atoms with van der Waals surface area (Å²) in [7, 11) is 0. The third-order valence-electron chi connectivity index (χ3n) is 5.63. The fraction of sp³-hybridized carbons (Fsp3) is 0.895. The van der Waals surface area contributed by atoms with Crippen molar-refractivity contribution in [2.24, 2.45) is 17.8 Å². The van der Waals surface area contributed by atoms with Crippen LogP contribution in [0.2, 0.25) is 0 Å². The summed E-state index contributed by atoms with van der Waals surface area (Å²) < 4.78 is 5.41. The Bertz CT molecular complexity index is 352. The molecule has 0 heterocycles. The lowest BCUT2D eigenvalue weighted by atomic mass is 9.80. The summed E-state index contributed by atoms with van der Waals surface area (Å²) in [5.74, 6) is 1.80. The molecule has 3 nitrogen and oxygen atoms in total. The molecule has 0 aromatic carbocycles. The number of ether oxygens (including phenoxy) is 1. The largest absolute Gasteiger partial charge is 0.465 e. The van der Waals surface area contributed by atoms with Crippen LogP contribution in [-0.2, 0) is 14.3 Å². The SMILES string of the molecule is CCC1CCC(C(=O)OCCCCCC(=O)C2CCC2)CC1. The molecule has 0 amide bonds. The summed E-state index contributed by atoms with van der Waals surface area (Å²) in [6, 6.07) is 0. The van der Waals surface area contributed by atoms with E-state index in [1.807, 2.05) is 0 Å². The molecule has 0 saturated heterocycles. The van der Waals surface area contributed by atoms with Gasteiger partial charge in [-0.2, -0.15) is 0 Å². The molecule has 0 radical (unpaired) electrons. The van der Waals surface area contributed by atoms with Gasteiger partial charge in [0.2, 0.25) is 0 Å². The predicted molar refractivity (Wildman–Crippen MR) is 87.5 cm³/mol. The van der Waals surface area contributed by atoms with Crippen LogP contribution < -0.4 is 0 Å². The molecular weight excluding hydrogens is 276 g/mol. The van der Waals surface area contributed by atoms with Gasteiger partial charge in [0.05, 0.1) is 12.5 Å². The smallest absolute Gasteiger partial charge is 0.308 e. The fourth-order valence-corrected chi connectivity index (χ4v) is 3.61. The first-order chi connectivity index (χ1) is 10.7. The number of hydrogen-bond donors (Lipinski definition) is 0. The summed E-state index contributed by atoms with van der Waals surface area (Å²) in [6.45, 7) is 2.77. The lowest BCUT2D eigenvalue weighted by Crippen LogP contribution is -2.24. The van der Waals surface area contributed by atoms with Gasteiger partial charge in [-0.05, 0) is 63.7 Å². The average Bonchev–Trinajstić information content (AvgIpc) is 2.48. The molecular formula is C19H32O3. The van der Waals surface area contributed by atoms with Gasteiger partial charge < -0.3 is 4.74 Å². The predicted octanol–water partition coefficient (Wildman–Crippen LogP) is 4.68. The van der Waals surface area contributed by atoms with E-state index in [0.29, 0.717) is 18.3 Å². The van der Waals surface area contributed by atoms with Gasteiger partial charge in [-0.1, -0.05) is 19.8 Å². The zero-order chi connectivity index (χ0) is 15.8. The molecule has 2 aliphatic carbocycles. The quantitative estimate of drug-likeness (QED) is 0.459. The Hall–Kier alpha value is -0.860. The van der Waals surface area contributed by atoms with Crippen molar-refractivity contribution in [1.29, 1.82) is 0 Å². The third kappa shape index (κ3) is 5.40. The van der Waals surface area contributed by atoms with Crippen molar-refractivity contribution in [2.45, 2.75) is 84.0 Å². The highest BCUT2D eigenvalue weighted by atomic mass is 16.5. The van der Waals surface area contributed by atoms with Gasteiger partial charge in [-0.3, -0.25) is 9.59 Å². The van der Waals surface area contributed by atoms with Gasteiger partial charge in [-0.25, -0.2) is 0 Å². The minimum Gasteiger partial charge on any atom is -0.465 e. The minimum absolute atomic E-state index is 0.0140. The third-order valence-corrected chi connectivity index (χ3v) is 5.63. The molecule has 3 heteroatoms. The molecule has 0 aromatic heterocycles. The number of carbonyl (C=O) groups excluding carboxylic acids is 2. The maximum absolute atomic E-state index is 12.0. The van der Waals surface area contributed by atoms with Crippen LogP contribution in [0.3, 0.4) is 0 Å². The van der Waals surface area contributed by atoms with Crippen molar-refractivity contribution >= 4 is 11.8 Å². The van der Waals surface area contributed by atoms with Crippen LogP contribution in [0.5, 0.6) is 0 Å². The van der Waals surface area contributed by atoms with E-state index in [-0.39, 0.29) is 11.9 Å². The van der Waals surface area contributed by atoms with Crippen LogP contribution >= 0.6 is 0 Å². The summed E-state index contributed by atoms with van der Waals surface area (Å²) in [5, 5.41) is 0. The van der Waals surface area contributed by atoms with E-state index in [1.54, 1.807) is 0 Å². The standard InChI is InChI=1S/C19H32O3/c1-2-15-10-12-17(13-11-15)19(21)22-14-5-3-4-9-18(20)16-7-6-8-16/h15-17H,2-14H2,1H3. The maximum atomic E-state index is 12.0. The van der Waals surface area contributed by atoms with Crippen molar-refractivity contribution in [2.75, 3.05) is 6.61 Å². The van der Waals surface area contributed by atoms with Crippen LogP contribution in [0.4, 0.5) is 0 Å². The number of ketones is 1. The molecule has 2 aliphatic rings. The van der Waals surface area contributed by atoms with Crippen LogP contribution in [0.1, 0.15) is 84.0 Å². The molecule has 22 heavy (non-hydrogen) atoms. The Kier molecular flexibility index (Phi) is 7.41. The molecule has 2 fully saturated rings. The van der Waals surface area contributed by atoms with Crippen molar-refractivity contribution in [3.8, 4) is 0 Å². The number of unbranched alkanes of at least 4 members (excludes halogenated alkanes) is 2. The lowest BCUT2D eigenvalue weighted by molar-refractivity contribution is -0.150. The Morgan fingerprint density at radius 3 is 2.23 bits per heavy atom. The monoisotopic (exact) mass is 308 g/mol. The zero-order valence-corrected chi connectivity index (χ0v) is 14.1. The summed E-state index contributed by atoms with van der Waals surface area (Å²) in [5.41, 5.74) is 0. The first kappa shape index (κ1) is 17.5. The number of hydrogen-bond acceptors (Lipinski definition) is 3. The highest BCUT2D eigenvalue weighted by molar-refractivity contribution is 5.81. The molecule has 126 valence electrons. The van der Waals surface area contributed by atoms with Crippen molar-refractivity contribution in [1.82, 2.24) is 0 Å². The number of rotatable bonds is 9. The Morgan fingerprint density at radius 1 is 0.909 bits per heavy atom. The van der Waals surface area contributed by atoms with E-state index < -0.39 is 0 Å². The second-order valence-electron chi connectivity index (χ2n) is 7.20. The highest BCUT2D eigenvalue weighted by Crippen LogP contribution is 2.31.